The highest BCUT2D eigenvalue weighted by molar-refractivity contribution is 6.31. The lowest BCUT2D eigenvalue weighted by molar-refractivity contribution is 0.281. The number of rotatable bonds is 5. The van der Waals surface area contributed by atoms with Crippen LogP contribution in [0.1, 0.15) is 11.1 Å². The summed E-state index contributed by atoms with van der Waals surface area (Å²) < 4.78 is 24.4. The molecule has 2 aromatic carbocycles. The van der Waals surface area contributed by atoms with Gasteiger partial charge < -0.3 is 15.2 Å². The van der Waals surface area contributed by atoms with E-state index in [1.54, 1.807) is 24.3 Å². The van der Waals surface area contributed by atoms with Crippen LogP contribution in [-0.4, -0.2) is 7.11 Å². The second-order valence-corrected chi connectivity index (χ2v) is 5.12. The minimum Gasteiger partial charge on any atom is -0.493 e. The first-order valence-corrected chi connectivity index (χ1v) is 6.94. The predicted molar refractivity (Wildman–Crippen MR) is 81.6 cm³/mol. The van der Waals surface area contributed by atoms with Crippen molar-refractivity contribution in [3.63, 3.8) is 0 Å². The number of hydrogen-bond acceptors (Lipinski definition) is 3. The van der Waals surface area contributed by atoms with Crippen LogP contribution in [0.25, 0.3) is 0 Å². The molecule has 0 heterocycles. The highest BCUT2D eigenvalue weighted by Gasteiger charge is 2.13. The molecule has 3 nitrogen and oxygen atoms in total. The molecule has 0 unspecified atom stereocenters. The summed E-state index contributed by atoms with van der Waals surface area (Å²) in [6.45, 7) is 0.338. The molecule has 2 rings (SSSR count). The average molecular weight is 330 g/mol. The molecule has 0 bridgehead atoms. The maximum Gasteiger partial charge on any atom is 0.166 e. The van der Waals surface area contributed by atoms with Crippen molar-refractivity contribution < 1.29 is 13.9 Å². The van der Waals surface area contributed by atoms with Crippen LogP contribution in [0.2, 0.25) is 10.0 Å². The topological polar surface area (TPSA) is 44.5 Å². The van der Waals surface area contributed by atoms with Crippen LogP contribution < -0.4 is 15.2 Å². The number of benzene rings is 2. The van der Waals surface area contributed by atoms with Crippen LogP contribution in [-0.2, 0) is 13.2 Å². The molecule has 21 heavy (non-hydrogen) atoms. The molecule has 0 saturated carbocycles. The van der Waals surface area contributed by atoms with Gasteiger partial charge in [-0.1, -0.05) is 35.3 Å². The van der Waals surface area contributed by atoms with Crippen LogP contribution in [0.4, 0.5) is 4.39 Å². The Morgan fingerprint density at radius 2 is 1.95 bits per heavy atom. The van der Waals surface area contributed by atoms with Gasteiger partial charge in [-0.25, -0.2) is 4.39 Å². The summed E-state index contributed by atoms with van der Waals surface area (Å²) in [4.78, 5) is 0. The maximum atomic E-state index is 13.4. The lowest BCUT2D eigenvalue weighted by Gasteiger charge is -2.15. The molecular formula is C15H14Cl2FNO2. The zero-order chi connectivity index (χ0) is 15.4. The molecule has 2 aromatic rings. The van der Waals surface area contributed by atoms with Crippen molar-refractivity contribution in [3.8, 4) is 11.5 Å². The van der Waals surface area contributed by atoms with Gasteiger partial charge in [0.15, 0.2) is 11.5 Å². The van der Waals surface area contributed by atoms with E-state index in [2.05, 4.69) is 0 Å². The van der Waals surface area contributed by atoms with E-state index < -0.39 is 5.82 Å². The molecule has 0 fully saturated rings. The molecule has 6 heteroatoms. The first-order chi connectivity index (χ1) is 10.1. The smallest absolute Gasteiger partial charge is 0.166 e. The second kappa shape index (κ2) is 6.98. The van der Waals surface area contributed by atoms with E-state index >= 15 is 0 Å². The highest BCUT2D eigenvalue weighted by Crippen LogP contribution is 2.35. The Morgan fingerprint density at radius 1 is 1.19 bits per heavy atom. The van der Waals surface area contributed by atoms with E-state index in [0.29, 0.717) is 27.6 Å². The molecule has 2 N–H and O–H groups in total. The van der Waals surface area contributed by atoms with E-state index in [9.17, 15) is 4.39 Å². The van der Waals surface area contributed by atoms with Crippen molar-refractivity contribution in [1.82, 2.24) is 0 Å². The van der Waals surface area contributed by atoms with Crippen molar-refractivity contribution >= 4 is 23.2 Å². The number of ether oxygens (including phenoxy) is 2. The van der Waals surface area contributed by atoms with Crippen molar-refractivity contribution in [2.24, 2.45) is 5.73 Å². The third-order valence-corrected chi connectivity index (χ3v) is 3.58. The summed E-state index contributed by atoms with van der Waals surface area (Å²) in [5, 5.41) is 0.545. The molecule has 0 aliphatic rings. The quantitative estimate of drug-likeness (QED) is 0.894. The van der Waals surface area contributed by atoms with Crippen molar-refractivity contribution in [2.45, 2.75) is 13.2 Å². The van der Waals surface area contributed by atoms with Gasteiger partial charge in [-0.05, 0) is 12.1 Å². The van der Waals surface area contributed by atoms with Gasteiger partial charge in [0.05, 0.1) is 12.1 Å². The Labute approximate surface area is 132 Å². The van der Waals surface area contributed by atoms with Crippen molar-refractivity contribution in [1.29, 1.82) is 0 Å². The Bertz CT molecular complexity index is 625. The second-order valence-electron chi connectivity index (χ2n) is 4.30. The van der Waals surface area contributed by atoms with Gasteiger partial charge in [-0.3, -0.25) is 0 Å². The van der Waals surface area contributed by atoms with Gasteiger partial charge in [0, 0.05) is 28.8 Å². The number of methoxy groups -OCH3 is 1. The maximum absolute atomic E-state index is 13.4. The van der Waals surface area contributed by atoms with Gasteiger partial charge in [-0.2, -0.15) is 0 Å². The lowest BCUT2D eigenvalue weighted by atomic mass is 10.2. The van der Waals surface area contributed by atoms with Crippen molar-refractivity contribution in [3.05, 3.63) is 57.3 Å². The van der Waals surface area contributed by atoms with Crippen LogP contribution in [0.15, 0.2) is 30.3 Å². The monoisotopic (exact) mass is 329 g/mol. The van der Waals surface area contributed by atoms with E-state index in [1.165, 1.54) is 13.2 Å². The zero-order valence-electron chi connectivity index (χ0n) is 11.3. The molecule has 0 spiro atoms. The number of nitrogens with two attached hydrogens (primary N) is 1. The summed E-state index contributed by atoms with van der Waals surface area (Å²) in [7, 11) is 1.51. The third kappa shape index (κ3) is 3.59. The molecule has 0 saturated heterocycles. The molecule has 0 aromatic heterocycles. The fraction of sp³-hybridized carbons (Fsp3) is 0.200. The predicted octanol–water partition coefficient (Wildman–Crippen LogP) is 4.18. The van der Waals surface area contributed by atoms with E-state index in [1.807, 2.05) is 0 Å². The van der Waals surface area contributed by atoms with Crippen LogP contribution in [0, 0.1) is 5.82 Å². The summed E-state index contributed by atoms with van der Waals surface area (Å²) in [6.07, 6.45) is 0. The Hall–Kier alpha value is -1.49. The van der Waals surface area contributed by atoms with Gasteiger partial charge in [0.25, 0.3) is 0 Å². The van der Waals surface area contributed by atoms with E-state index in [0.717, 1.165) is 0 Å². The van der Waals surface area contributed by atoms with E-state index in [4.69, 9.17) is 38.4 Å². The third-order valence-electron chi connectivity index (χ3n) is 2.94. The lowest BCUT2D eigenvalue weighted by Crippen LogP contribution is -2.05. The first kappa shape index (κ1) is 15.9. The van der Waals surface area contributed by atoms with Gasteiger partial charge in [0.1, 0.15) is 12.4 Å². The van der Waals surface area contributed by atoms with Crippen molar-refractivity contribution in [2.75, 3.05) is 7.11 Å². The molecule has 0 atom stereocenters. The number of hydrogen-bond donors (Lipinski definition) is 1. The Kier molecular flexibility index (Phi) is 5.28. The Balaban J connectivity index is 2.29. The normalized spacial score (nSPS) is 10.5. The fourth-order valence-corrected chi connectivity index (χ4v) is 2.31. The molecule has 0 aliphatic carbocycles. The van der Waals surface area contributed by atoms with Crippen LogP contribution >= 0.6 is 23.2 Å². The van der Waals surface area contributed by atoms with Gasteiger partial charge in [-0.15, -0.1) is 0 Å². The van der Waals surface area contributed by atoms with Gasteiger partial charge >= 0.3 is 0 Å². The van der Waals surface area contributed by atoms with Gasteiger partial charge in [0.2, 0.25) is 0 Å². The molecular weight excluding hydrogens is 316 g/mol. The summed E-state index contributed by atoms with van der Waals surface area (Å²) in [5.74, 6) is 0.458. The van der Waals surface area contributed by atoms with Crippen LogP contribution in [0.3, 0.4) is 0 Å². The minimum atomic E-state index is -0.486. The summed E-state index contributed by atoms with van der Waals surface area (Å²) in [5.41, 5.74) is 6.93. The van der Waals surface area contributed by atoms with Crippen LogP contribution in [0.5, 0.6) is 11.5 Å². The SMILES string of the molecule is COc1cc(Cl)cc(CN)c1OCc1cccc(F)c1Cl. The minimum absolute atomic E-state index is 0.0414. The average Bonchev–Trinajstić information content (AvgIpc) is 2.48. The molecule has 112 valence electrons. The number of halogens is 3. The largest absolute Gasteiger partial charge is 0.493 e. The van der Waals surface area contributed by atoms with E-state index in [-0.39, 0.29) is 18.2 Å². The molecule has 0 aliphatic heterocycles. The molecule has 0 radical (unpaired) electrons. The molecule has 0 amide bonds. The first-order valence-electron chi connectivity index (χ1n) is 6.19. The Morgan fingerprint density at radius 3 is 2.62 bits per heavy atom. The standard InChI is InChI=1S/C15H14Cl2FNO2/c1-20-13-6-11(16)5-10(7-19)15(13)21-8-9-3-2-4-12(18)14(9)17/h2-6H,7-8,19H2,1H3. The fourth-order valence-electron chi connectivity index (χ4n) is 1.90. The zero-order valence-corrected chi connectivity index (χ0v) is 12.8. The summed E-state index contributed by atoms with van der Waals surface area (Å²) in [6, 6.07) is 7.88. The highest BCUT2D eigenvalue weighted by atomic mass is 35.5. The summed E-state index contributed by atoms with van der Waals surface area (Å²) >= 11 is 11.9.